The third-order valence-electron chi connectivity index (χ3n) is 4.21. The highest BCUT2D eigenvalue weighted by Gasteiger charge is 2.32. The molecule has 0 saturated carbocycles. The molecule has 1 saturated heterocycles. The third kappa shape index (κ3) is 3.72. The van der Waals surface area contributed by atoms with Gasteiger partial charge in [-0.2, -0.15) is 8.42 Å². The van der Waals surface area contributed by atoms with E-state index in [-0.39, 0.29) is 17.1 Å². The first-order valence-corrected chi connectivity index (χ1v) is 9.94. The molecule has 0 aliphatic carbocycles. The molecule has 8 nitrogen and oxygen atoms in total. The van der Waals surface area contributed by atoms with Crippen LogP contribution in [0, 0.1) is 0 Å². The number of nitrogens with zero attached hydrogens (tertiary/aromatic N) is 2. The molecule has 0 bridgehead atoms. The lowest BCUT2D eigenvalue weighted by Crippen LogP contribution is -2.35. The Morgan fingerprint density at radius 3 is 2.77 bits per heavy atom. The SMILES string of the molecule is CCOC(=O)COC(=O)c1ccc2c(c1)S(=O)(=O)N=C1CCCCCN12. The first-order chi connectivity index (χ1) is 12.4. The zero-order valence-electron chi connectivity index (χ0n) is 14.4. The molecule has 3 rings (SSSR count). The maximum atomic E-state index is 12.5. The summed E-state index contributed by atoms with van der Waals surface area (Å²) in [7, 11) is -3.88. The van der Waals surface area contributed by atoms with Crippen molar-refractivity contribution < 1.29 is 27.5 Å². The number of ether oxygens (including phenoxy) is 2. The van der Waals surface area contributed by atoms with Crippen LogP contribution in [0.5, 0.6) is 0 Å². The van der Waals surface area contributed by atoms with Gasteiger partial charge in [-0.1, -0.05) is 6.42 Å². The second-order valence-electron chi connectivity index (χ2n) is 6.01. The van der Waals surface area contributed by atoms with Crippen molar-refractivity contribution >= 4 is 33.5 Å². The van der Waals surface area contributed by atoms with Crippen molar-refractivity contribution in [1.82, 2.24) is 0 Å². The minimum Gasteiger partial charge on any atom is -0.463 e. The van der Waals surface area contributed by atoms with Crippen molar-refractivity contribution in [2.24, 2.45) is 4.40 Å². The normalized spacial score (nSPS) is 18.0. The van der Waals surface area contributed by atoms with Crippen LogP contribution < -0.4 is 4.90 Å². The number of esters is 2. The summed E-state index contributed by atoms with van der Waals surface area (Å²) in [5, 5.41) is 0. The number of hydrogen-bond donors (Lipinski definition) is 0. The molecule has 0 atom stereocenters. The molecule has 140 valence electrons. The van der Waals surface area contributed by atoms with Gasteiger partial charge in [0.2, 0.25) is 0 Å². The van der Waals surface area contributed by atoms with E-state index in [9.17, 15) is 18.0 Å². The maximum absolute atomic E-state index is 12.5. The third-order valence-corrected chi connectivity index (χ3v) is 5.54. The highest BCUT2D eigenvalue weighted by atomic mass is 32.2. The van der Waals surface area contributed by atoms with E-state index in [4.69, 9.17) is 4.74 Å². The summed E-state index contributed by atoms with van der Waals surface area (Å²) in [6.45, 7) is 1.99. The number of carbonyl (C=O) groups excluding carboxylic acids is 2. The molecule has 0 N–H and O–H groups in total. The lowest BCUT2D eigenvalue weighted by Gasteiger charge is -2.29. The van der Waals surface area contributed by atoms with Crippen molar-refractivity contribution in [1.29, 1.82) is 0 Å². The summed E-state index contributed by atoms with van der Waals surface area (Å²) in [5.74, 6) is -0.903. The summed E-state index contributed by atoms with van der Waals surface area (Å²) in [6.07, 6.45) is 3.48. The molecule has 26 heavy (non-hydrogen) atoms. The molecule has 0 amide bonds. The lowest BCUT2D eigenvalue weighted by molar-refractivity contribution is -0.146. The zero-order chi connectivity index (χ0) is 18.7. The van der Waals surface area contributed by atoms with Crippen LogP contribution in [0.4, 0.5) is 5.69 Å². The smallest absolute Gasteiger partial charge is 0.344 e. The van der Waals surface area contributed by atoms with Gasteiger partial charge in [0.05, 0.1) is 17.9 Å². The molecule has 2 aliphatic rings. The number of anilines is 1. The van der Waals surface area contributed by atoms with Gasteiger partial charge in [-0.15, -0.1) is 4.40 Å². The zero-order valence-corrected chi connectivity index (χ0v) is 15.3. The number of benzene rings is 1. The highest BCUT2D eigenvalue weighted by Crippen LogP contribution is 2.35. The standard InChI is InChI=1S/C17H20N2O6S/c1-2-24-16(20)11-25-17(21)12-7-8-13-14(10-12)26(22,23)18-15-6-4-3-5-9-19(13)15/h7-8,10H,2-6,9,11H2,1H3. The van der Waals surface area contributed by atoms with Crippen LogP contribution in [0.15, 0.2) is 27.5 Å². The van der Waals surface area contributed by atoms with Crippen molar-refractivity contribution in [3.05, 3.63) is 23.8 Å². The maximum Gasteiger partial charge on any atom is 0.344 e. The van der Waals surface area contributed by atoms with E-state index < -0.39 is 28.6 Å². The number of amidine groups is 1. The summed E-state index contributed by atoms with van der Waals surface area (Å²) in [6, 6.07) is 4.34. The van der Waals surface area contributed by atoms with Gasteiger partial charge < -0.3 is 14.4 Å². The van der Waals surface area contributed by atoms with Gasteiger partial charge in [0.15, 0.2) is 6.61 Å². The molecule has 0 spiro atoms. The van der Waals surface area contributed by atoms with Crippen molar-refractivity contribution in [3.8, 4) is 0 Å². The van der Waals surface area contributed by atoms with Crippen molar-refractivity contribution in [3.63, 3.8) is 0 Å². The summed E-state index contributed by atoms with van der Waals surface area (Å²) in [5.41, 5.74) is 0.573. The molecule has 0 radical (unpaired) electrons. The summed E-state index contributed by atoms with van der Waals surface area (Å²) in [4.78, 5) is 25.3. The van der Waals surface area contributed by atoms with Crippen LogP contribution in [-0.2, 0) is 24.3 Å². The first kappa shape index (κ1) is 18.4. The van der Waals surface area contributed by atoms with E-state index in [2.05, 4.69) is 9.13 Å². The van der Waals surface area contributed by atoms with Crippen molar-refractivity contribution in [2.75, 3.05) is 24.7 Å². The quantitative estimate of drug-likeness (QED) is 0.735. The Morgan fingerprint density at radius 1 is 1.19 bits per heavy atom. The van der Waals surface area contributed by atoms with Crippen LogP contribution in [0.1, 0.15) is 43.0 Å². The minimum absolute atomic E-state index is 0.0197. The highest BCUT2D eigenvalue weighted by molar-refractivity contribution is 7.90. The number of hydrogen-bond acceptors (Lipinski definition) is 7. The second kappa shape index (κ2) is 7.45. The number of sulfonamides is 1. The molecule has 0 unspecified atom stereocenters. The van der Waals surface area contributed by atoms with Crippen LogP contribution in [0.25, 0.3) is 0 Å². The molecule has 2 heterocycles. The van der Waals surface area contributed by atoms with Gasteiger partial charge in [0.25, 0.3) is 10.0 Å². The number of carbonyl (C=O) groups is 2. The Morgan fingerprint density at radius 2 is 2.00 bits per heavy atom. The predicted octanol–water partition coefficient (Wildman–Crippen LogP) is 1.89. The summed E-state index contributed by atoms with van der Waals surface area (Å²) >= 11 is 0. The fourth-order valence-electron chi connectivity index (χ4n) is 3.02. The van der Waals surface area contributed by atoms with Gasteiger partial charge in [-0.05, 0) is 38.0 Å². The van der Waals surface area contributed by atoms with E-state index in [1.165, 1.54) is 12.1 Å². The number of fused-ring (bicyclic) bond motifs is 3. The molecule has 0 aromatic heterocycles. The van der Waals surface area contributed by atoms with E-state index in [0.29, 0.717) is 24.5 Å². The Hall–Kier alpha value is -2.42. The molecule has 9 heteroatoms. The Balaban J connectivity index is 1.87. The van der Waals surface area contributed by atoms with Crippen molar-refractivity contribution in [2.45, 2.75) is 37.5 Å². The van der Waals surface area contributed by atoms with E-state index >= 15 is 0 Å². The van der Waals surface area contributed by atoms with Gasteiger partial charge in [-0.25, -0.2) is 9.59 Å². The molecule has 1 fully saturated rings. The van der Waals surface area contributed by atoms with Gasteiger partial charge in [0.1, 0.15) is 10.7 Å². The monoisotopic (exact) mass is 380 g/mol. The average molecular weight is 380 g/mol. The summed E-state index contributed by atoms with van der Waals surface area (Å²) < 4.78 is 38.5. The minimum atomic E-state index is -3.88. The Labute approximate surface area is 151 Å². The second-order valence-corrected chi connectivity index (χ2v) is 7.58. The lowest BCUT2D eigenvalue weighted by atomic mass is 10.2. The van der Waals surface area contributed by atoms with Crippen LogP contribution in [0.3, 0.4) is 0 Å². The first-order valence-electron chi connectivity index (χ1n) is 8.50. The fraction of sp³-hybridized carbons (Fsp3) is 0.471. The molecular formula is C17H20N2O6S. The largest absolute Gasteiger partial charge is 0.463 e. The van der Waals surface area contributed by atoms with Crippen LogP contribution in [-0.4, -0.2) is 46.0 Å². The van der Waals surface area contributed by atoms with Gasteiger partial charge in [0, 0.05) is 13.0 Å². The van der Waals surface area contributed by atoms with E-state index in [0.717, 1.165) is 19.3 Å². The molecular weight excluding hydrogens is 360 g/mol. The van der Waals surface area contributed by atoms with Gasteiger partial charge >= 0.3 is 11.9 Å². The van der Waals surface area contributed by atoms with E-state index in [1.54, 1.807) is 13.0 Å². The Bertz CT molecular complexity index is 862. The molecule has 1 aromatic carbocycles. The van der Waals surface area contributed by atoms with E-state index in [1.807, 2.05) is 4.90 Å². The fourth-order valence-corrected chi connectivity index (χ4v) is 4.30. The number of rotatable bonds is 4. The van der Waals surface area contributed by atoms with Crippen LogP contribution in [0.2, 0.25) is 0 Å². The predicted molar refractivity (Wildman–Crippen MR) is 93.8 cm³/mol. The van der Waals surface area contributed by atoms with Crippen LogP contribution >= 0.6 is 0 Å². The molecule has 2 aliphatic heterocycles. The topological polar surface area (TPSA) is 102 Å². The average Bonchev–Trinajstić information content (AvgIpc) is 2.84. The molecule has 1 aromatic rings. The van der Waals surface area contributed by atoms with Gasteiger partial charge in [-0.3, -0.25) is 0 Å². The Kier molecular flexibility index (Phi) is 5.26.